The first-order valence-corrected chi connectivity index (χ1v) is 12.4. The number of nitrogens with zero attached hydrogens (tertiary/aromatic N) is 3. The molecule has 10 nitrogen and oxygen atoms in total. The summed E-state index contributed by atoms with van der Waals surface area (Å²) in [6, 6.07) is 10.6. The molecule has 2 aromatic carbocycles. The molecule has 0 radical (unpaired) electrons. The van der Waals surface area contributed by atoms with Crippen molar-refractivity contribution in [2.45, 2.75) is 37.2 Å². The molecule has 1 unspecified atom stereocenters. The van der Waals surface area contributed by atoms with Crippen molar-refractivity contribution in [1.82, 2.24) is 4.68 Å². The molecule has 1 aliphatic rings. The van der Waals surface area contributed by atoms with E-state index in [2.05, 4.69) is 29.8 Å². The zero-order valence-corrected chi connectivity index (χ0v) is 21.9. The Bertz CT molecular complexity index is 1520. The highest BCUT2D eigenvalue weighted by Crippen LogP contribution is 2.37. The van der Waals surface area contributed by atoms with Crippen molar-refractivity contribution in [2.75, 3.05) is 5.43 Å². The Hall–Kier alpha value is -3.96. The molecule has 0 spiro atoms. The normalized spacial score (nSPS) is 13.4. The van der Waals surface area contributed by atoms with E-state index in [4.69, 9.17) is 16.3 Å². The standard InChI is InChI=1S/C26H23ClN4O6S/c1-14-10-22(38)20(31(35)36)13-19(14)18-4-3-9-30(26(18)34)29-25(33)24(15-5-6-15)37-21-8-7-17(27)11-16(21)12-23(32)28-2/h3-4,7-11,13,15,24,38H,2,5-6,12H2,1H3,(H,29,33). The Morgan fingerprint density at radius 2 is 2.03 bits per heavy atom. The van der Waals surface area contributed by atoms with Crippen LogP contribution in [0.25, 0.3) is 11.1 Å². The smallest absolute Gasteiger partial charge is 0.283 e. The third kappa shape index (κ3) is 5.95. The topological polar surface area (TPSA) is 133 Å². The van der Waals surface area contributed by atoms with Gasteiger partial charge in [-0.2, -0.15) is 0 Å². The van der Waals surface area contributed by atoms with Crippen LogP contribution in [0.3, 0.4) is 0 Å². The summed E-state index contributed by atoms with van der Waals surface area (Å²) >= 11 is 10.2. The molecule has 1 heterocycles. The van der Waals surface area contributed by atoms with Gasteiger partial charge in [0.05, 0.1) is 16.2 Å². The van der Waals surface area contributed by atoms with Crippen LogP contribution in [0.2, 0.25) is 5.02 Å². The number of hydrogen-bond donors (Lipinski definition) is 2. The van der Waals surface area contributed by atoms with E-state index >= 15 is 0 Å². The van der Waals surface area contributed by atoms with Gasteiger partial charge in [-0.1, -0.05) is 11.6 Å². The molecule has 1 aromatic heterocycles. The third-order valence-corrected chi connectivity index (χ3v) is 6.68. The van der Waals surface area contributed by atoms with Gasteiger partial charge < -0.3 is 4.74 Å². The zero-order valence-electron chi connectivity index (χ0n) is 20.2. The fraction of sp³-hybridized carbons (Fsp3) is 0.231. The van der Waals surface area contributed by atoms with Gasteiger partial charge in [0, 0.05) is 34.3 Å². The molecule has 3 aromatic rings. The first-order chi connectivity index (χ1) is 18.1. The van der Waals surface area contributed by atoms with Crippen LogP contribution >= 0.6 is 24.2 Å². The molecule has 1 aliphatic carbocycles. The number of aliphatic imine (C=N–C) groups is 1. The summed E-state index contributed by atoms with van der Waals surface area (Å²) in [6.07, 6.45) is 1.84. The van der Waals surface area contributed by atoms with Crippen molar-refractivity contribution < 1.29 is 19.2 Å². The zero-order chi connectivity index (χ0) is 27.6. The predicted molar refractivity (Wildman–Crippen MR) is 146 cm³/mol. The number of pyridine rings is 1. The van der Waals surface area contributed by atoms with Crippen LogP contribution in [-0.2, 0) is 16.0 Å². The molecular formula is C26H23ClN4O6S. The maximum Gasteiger partial charge on any atom is 0.283 e. The maximum atomic E-state index is 13.3. The fourth-order valence-corrected chi connectivity index (χ4v) is 4.54. The number of nitro groups is 1. The molecule has 1 N–H and O–H groups in total. The average molecular weight is 555 g/mol. The van der Waals surface area contributed by atoms with E-state index in [0.717, 1.165) is 17.5 Å². The first kappa shape index (κ1) is 27.1. The minimum absolute atomic E-state index is 0.0848. The summed E-state index contributed by atoms with van der Waals surface area (Å²) in [6.45, 7) is 4.95. The number of benzene rings is 2. The molecule has 12 heteroatoms. The number of hydrogen-bond acceptors (Lipinski definition) is 7. The molecule has 1 atom stereocenters. The number of nitro benzene ring substituents is 1. The second-order valence-electron chi connectivity index (χ2n) is 8.84. The van der Waals surface area contributed by atoms with Crippen LogP contribution < -0.4 is 15.7 Å². The van der Waals surface area contributed by atoms with E-state index in [-0.39, 0.29) is 28.5 Å². The summed E-state index contributed by atoms with van der Waals surface area (Å²) in [7, 11) is 0. The van der Waals surface area contributed by atoms with Gasteiger partial charge in [0.15, 0.2) is 6.10 Å². The lowest BCUT2D eigenvalue weighted by atomic mass is 10.0. The number of carbonyl (C=O) groups is 2. The molecule has 1 fully saturated rings. The van der Waals surface area contributed by atoms with Crippen molar-refractivity contribution in [2.24, 2.45) is 10.9 Å². The Morgan fingerprint density at radius 3 is 2.68 bits per heavy atom. The van der Waals surface area contributed by atoms with Crippen LogP contribution in [0.1, 0.15) is 24.0 Å². The summed E-state index contributed by atoms with van der Waals surface area (Å²) < 4.78 is 7.07. The molecule has 4 rings (SSSR count). The fourth-order valence-electron chi connectivity index (χ4n) is 4.01. The van der Waals surface area contributed by atoms with Gasteiger partial charge in [-0.15, -0.1) is 12.6 Å². The summed E-state index contributed by atoms with van der Waals surface area (Å²) in [5.74, 6) is -0.823. The van der Waals surface area contributed by atoms with Crippen LogP contribution in [0, 0.1) is 23.0 Å². The molecule has 2 amide bonds. The molecule has 38 heavy (non-hydrogen) atoms. The molecule has 0 bridgehead atoms. The van der Waals surface area contributed by atoms with Crippen molar-refractivity contribution in [3.05, 3.63) is 85.3 Å². The number of nitrogens with one attached hydrogen (secondary N) is 1. The van der Waals surface area contributed by atoms with E-state index in [1.807, 2.05) is 0 Å². The minimum atomic E-state index is -0.941. The Morgan fingerprint density at radius 1 is 1.29 bits per heavy atom. The number of aryl methyl sites for hydroxylation is 1. The summed E-state index contributed by atoms with van der Waals surface area (Å²) in [4.78, 5) is 52.8. The molecule has 196 valence electrons. The number of carbonyl (C=O) groups excluding carboxylic acids is 2. The first-order valence-electron chi connectivity index (χ1n) is 11.5. The summed E-state index contributed by atoms with van der Waals surface area (Å²) in [5.41, 5.74) is 3.36. The monoisotopic (exact) mass is 554 g/mol. The Labute approximate surface area is 227 Å². The molecule has 0 saturated heterocycles. The Kier molecular flexibility index (Phi) is 7.98. The van der Waals surface area contributed by atoms with Gasteiger partial charge >= 0.3 is 0 Å². The largest absolute Gasteiger partial charge is 0.480 e. The molecule has 1 saturated carbocycles. The second-order valence-corrected chi connectivity index (χ2v) is 9.76. The number of rotatable bonds is 9. The van der Waals surface area contributed by atoms with Gasteiger partial charge in [-0.05, 0) is 74.0 Å². The number of ether oxygens (including phenoxy) is 1. The number of aromatic nitrogens is 1. The van der Waals surface area contributed by atoms with Crippen LogP contribution in [0.15, 0.2) is 63.3 Å². The minimum Gasteiger partial charge on any atom is -0.480 e. The van der Waals surface area contributed by atoms with Crippen LogP contribution in [-0.4, -0.2) is 34.2 Å². The van der Waals surface area contributed by atoms with E-state index < -0.39 is 28.4 Å². The number of amides is 2. The highest BCUT2D eigenvalue weighted by molar-refractivity contribution is 7.80. The predicted octanol–water partition coefficient (Wildman–Crippen LogP) is 4.37. The summed E-state index contributed by atoms with van der Waals surface area (Å²) in [5, 5.41) is 11.8. The van der Waals surface area contributed by atoms with Gasteiger partial charge in [0.2, 0.25) is 5.91 Å². The van der Waals surface area contributed by atoms with Gasteiger partial charge in [0.1, 0.15) is 5.75 Å². The third-order valence-electron chi connectivity index (χ3n) is 6.09. The number of halogens is 1. The maximum absolute atomic E-state index is 13.3. The van der Waals surface area contributed by atoms with E-state index in [9.17, 15) is 24.5 Å². The van der Waals surface area contributed by atoms with Crippen molar-refractivity contribution in [3.8, 4) is 16.9 Å². The van der Waals surface area contributed by atoms with E-state index in [1.165, 1.54) is 24.4 Å². The lowest BCUT2D eigenvalue weighted by Crippen LogP contribution is -2.42. The molecular weight excluding hydrogens is 532 g/mol. The van der Waals surface area contributed by atoms with E-state index in [0.29, 0.717) is 27.5 Å². The number of thiol groups is 1. The Balaban J connectivity index is 1.63. The van der Waals surface area contributed by atoms with Crippen molar-refractivity contribution in [1.29, 1.82) is 0 Å². The highest BCUT2D eigenvalue weighted by Gasteiger charge is 2.39. The van der Waals surface area contributed by atoms with Crippen molar-refractivity contribution >= 4 is 48.4 Å². The van der Waals surface area contributed by atoms with E-state index in [1.54, 1.807) is 31.2 Å². The van der Waals surface area contributed by atoms with Gasteiger partial charge in [-0.3, -0.25) is 29.9 Å². The SMILES string of the molecule is C=NC(=O)Cc1cc(Cl)ccc1OC(C(=O)Nn1cccc(-c2cc([N+](=O)[O-])c(S)cc2C)c1=O)C1CC1. The average Bonchev–Trinajstić information content (AvgIpc) is 3.70. The van der Waals surface area contributed by atoms with Crippen LogP contribution in [0.5, 0.6) is 5.75 Å². The van der Waals surface area contributed by atoms with Gasteiger partial charge in [-0.25, -0.2) is 9.67 Å². The lowest BCUT2D eigenvalue weighted by molar-refractivity contribution is -0.387. The lowest BCUT2D eigenvalue weighted by Gasteiger charge is -2.21. The second kappa shape index (κ2) is 11.2. The highest BCUT2D eigenvalue weighted by atomic mass is 35.5. The molecule has 0 aliphatic heterocycles. The van der Waals surface area contributed by atoms with Crippen LogP contribution in [0.4, 0.5) is 5.69 Å². The van der Waals surface area contributed by atoms with Gasteiger partial charge in [0.25, 0.3) is 17.2 Å². The quantitative estimate of drug-likeness (QED) is 0.175. The van der Waals surface area contributed by atoms with Crippen molar-refractivity contribution in [3.63, 3.8) is 0 Å².